The first kappa shape index (κ1) is 23.7. The van der Waals surface area contributed by atoms with Crippen molar-refractivity contribution in [3.8, 4) is 0 Å². The van der Waals surface area contributed by atoms with Crippen molar-refractivity contribution in [1.82, 2.24) is 14.0 Å². The smallest absolute Gasteiger partial charge is 0.303 e. The molecule has 0 saturated heterocycles. The number of nitrogens with zero attached hydrogens (tertiary/aromatic N) is 4. The summed E-state index contributed by atoms with van der Waals surface area (Å²) >= 11 is 6.05. The molecule has 0 spiro atoms. The molecule has 4 N–H and O–H groups in total. The molecule has 32 heavy (non-hydrogen) atoms. The van der Waals surface area contributed by atoms with Gasteiger partial charge in [-0.05, 0) is 23.3 Å². The number of hydrogen-bond acceptors (Lipinski definition) is 5. The molecule has 1 unspecified atom stereocenters. The second kappa shape index (κ2) is 9.68. The number of rotatable bonds is 6. The summed E-state index contributed by atoms with van der Waals surface area (Å²) in [7, 11) is -0.760. The molecule has 1 aliphatic rings. The summed E-state index contributed by atoms with van der Waals surface area (Å²) in [6.45, 7) is 2.44. The quantitative estimate of drug-likeness (QED) is 0.437. The van der Waals surface area contributed by atoms with Crippen LogP contribution in [0, 0.1) is 5.41 Å². The van der Waals surface area contributed by atoms with Crippen LogP contribution in [0.1, 0.15) is 29.5 Å². The predicted octanol–water partition coefficient (Wildman–Crippen LogP) is 2.20. The molecular weight excluding hydrogens is 450 g/mol. The van der Waals surface area contributed by atoms with E-state index < -0.39 is 10.2 Å². The lowest BCUT2D eigenvalue weighted by molar-refractivity contribution is 0.450. The minimum Gasteiger partial charge on any atom is -0.384 e. The van der Waals surface area contributed by atoms with Gasteiger partial charge in [0.25, 0.3) is 0 Å². The highest BCUT2D eigenvalue weighted by Gasteiger charge is 2.33. The number of nitrogens with one attached hydrogen (secondary N) is 2. The molecule has 2 aromatic rings. The molecule has 11 heteroatoms. The third kappa shape index (κ3) is 5.09. The minimum atomic E-state index is -3.76. The summed E-state index contributed by atoms with van der Waals surface area (Å²) in [5.74, 6) is -0.0481. The zero-order valence-electron chi connectivity index (χ0n) is 18.1. The van der Waals surface area contributed by atoms with Gasteiger partial charge in [0.2, 0.25) is 5.96 Å². The van der Waals surface area contributed by atoms with Crippen molar-refractivity contribution < 1.29 is 8.42 Å². The van der Waals surface area contributed by atoms with E-state index in [1.807, 2.05) is 24.3 Å². The molecule has 0 aliphatic carbocycles. The van der Waals surface area contributed by atoms with Crippen molar-refractivity contribution in [2.45, 2.75) is 12.8 Å². The first-order valence-corrected chi connectivity index (χ1v) is 11.7. The largest absolute Gasteiger partial charge is 0.384 e. The monoisotopic (exact) mass is 475 g/mol. The Kier molecular flexibility index (Phi) is 7.17. The second-order valence-electron chi connectivity index (χ2n) is 7.23. The number of nitrogen functional groups attached to an aromatic ring is 1. The van der Waals surface area contributed by atoms with E-state index in [9.17, 15) is 8.42 Å². The second-order valence-corrected chi connectivity index (χ2v) is 9.45. The molecule has 0 radical (unpaired) electrons. The van der Waals surface area contributed by atoms with Gasteiger partial charge < -0.3 is 5.73 Å². The minimum absolute atomic E-state index is 0.00829. The fourth-order valence-electron chi connectivity index (χ4n) is 3.25. The van der Waals surface area contributed by atoms with Crippen LogP contribution in [0.5, 0.6) is 0 Å². The van der Waals surface area contributed by atoms with E-state index in [1.165, 1.54) is 18.4 Å². The number of amidine groups is 1. The average Bonchev–Trinajstić information content (AvgIpc) is 3.22. The van der Waals surface area contributed by atoms with Gasteiger partial charge in [-0.3, -0.25) is 10.4 Å². The standard InChI is InChI=1S/C21H26ClN7O2S/c1-4-28(3)32(30,31)27-21(25-2)29-13-18(14-5-7-16(8-6-14)20(23)24)19(26-29)15-9-11-17(22)12-10-15/h5-12,18H,4,13H2,1-3H3,(H3,23,24)(H,25,27). The Morgan fingerprint density at radius 1 is 1.28 bits per heavy atom. The van der Waals surface area contributed by atoms with Gasteiger partial charge in [-0.25, -0.2) is 9.73 Å². The van der Waals surface area contributed by atoms with Gasteiger partial charge in [0.1, 0.15) is 5.84 Å². The van der Waals surface area contributed by atoms with Gasteiger partial charge in [-0.15, -0.1) is 0 Å². The fourth-order valence-corrected chi connectivity index (χ4v) is 4.30. The van der Waals surface area contributed by atoms with Crippen LogP contribution in [0.3, 0.4) is 0 Å². The number of nitrogens with two attached hydrogens (primary N) is 1. The predicted molar refractivity (Wildman–Crippen MR) is 129 cm³/mol. The van der Waals surface area contributed by atoms with E-state index in [1.54, 1.807) is 36.2 Å². The molecule has 1 aliphatic heterocycles. The molecule has 2 aromatic carbocycles. The van der Waals surface area contributed by atoms with E-state index in [4.69, 9.17) is 27.8 Å². The normalized spacial score (nSPS) is 16.9. The van der Waals surface area contributed by atoms with E-state index in [0.29, 0.717) is 23.7 Å². The maximum atomic E-state index is 12.5. The van der Waals surface area contributed by atoms with E-state index >= 15 is 0 Å². The van der Waals surface area contributed by atoms with Crippen molar-refractivity contribution in [1.29, 1.82) is 5.41 Å². The number of hydrogen-bond donors (Lipinski definition) is 3. The third-order valence-electron chi connectivity index (χ3n) is 5.21. The summed E-state index contributed by atoms with van der Waals surface area (Å²) in [4.78, 5) is 4.13. The van der Waals surface area contributed by atoms with Crippen LogP contribution < -0.4 is 10.5 Å². The molecule has 0 saturated carbocycles. The highest BCUT2D eigenvalue weighted by atomic mass is 35.5. The van der Waals surface area contributed by atoms with Gasteiger partial charge in [-0.1, -0.05) is 54.9 Å². The first-order valence-electron chi connectivity index (χ1n) is 9.93. The summed E-state index contributed by atoms with van der Waals surface area (Å²) in [6.07, 6.45) is 0. The van der Waals surface area contributed by atoms with Gasteiger partial charge >= 0.3 is 10.2 Å². The molecule has 0 bridgehead atoms. The molecule has 9 nitrogen and oxygen atoms in total. The van der Waals surface area contributed by atoms with Crippen LogP contribution in [0.4, 0.5) is 0 Å². The fraction of sp³-hybridized carbons (Fsp3) is 0.286. The number of hydrazone groups is 1. The molecule has 0 amide bonds. The van der Waals surface area contributed by atoms with Crippen LogP contribution >= 0.6 is 11.6 Å². The van der Waals surface area contributed by atoms with Crippen LogP contribution in [0.15, 0.2) is 58.6 Å². The highest BCUT2D eigenvalue weighted by molar-refractivity contribution is 7.87. The number of halogens is 1. The molecule has 0 fully saturated rings. The van der Waals surface area contributed by atoms with Crippen molar-refractivity contribution >= 4 is 39.3 Å². The lowest BCUT2D eigenvalue weighted by atomic mass is 9.90. The Hall–Kier alpha value is -2.95. The van der Waals surface area contributed by atoms with Crippen molar-refractivity contribution in [3.05, 3.63) is 70.2 Å². The number of aliphatic imine (C=N–C) groups is 1. The third-order valence-corrected chi connectivity index (χ3v) is 6.98. The Balaban J connectivity index is 1.98. The Bertz CT molecular complexity index is 1150. The lowest BCUT2D eigenvalue weighted by Crippen LogP contribution is -2.46. The van der Waals surface area contributed by atoms with Crippen LogP contribution in [0.2, 0.25) is 5.02 Å². The van der Waals surface area contributed by atoms with Crippen molar-refractivity contribution in [3.63, 3.8) is 0 Å². The zero-order chi connectivity index (χ0) is 23.5. The number of benzene rings is 2. The topological polar surface area (TPSA) is 127 Å². The van der Waals surface area contributed by atoms with E-state index in [-0.39, 0.29) is 17.7 Å². The van der Waals surface area contributed by atoms with Gasteiger partial charge in [0.05, 0.1) is 12.3 Å². The lowest BCUT2D eigenvalue weighted by Gasteiger charge is -2.22. The van der Waals surface area contributed by atoms with Gasteiger partial charge in [0, 0.05) is 37.1 Å². The van der Waals surface area contributed by atoms with Crippen molar-refractivity contribution in [2.24, 2.45) is 15.8 Å². The van der Waals surface area contributed by atoms with E-state index in [0.717, 1.165) is 16.8 Å². The molecule has 3 rings (SSSR count). The summed E-state index contributed by atoms with van der Waals surface area (Å²) in [5.41, 5.74) is 8.77. The summed E-state index contributed by atoms with van der Waals surface area (Å²) in [6, 6.07) is 14.7. The van der Waals surface area contributed by atoms with Gasteiger partial charge in [-0.2, -0.15) is 17.8 Å². The summed E-state index contributed by atoms with van der Waals surface area (Å²) < 4.78 is 28.8. The Labute approximate surface area is 193 Å². The van der Waals surface area contributed by atoms with Crippen LogP contribution in [-0.2, 0) is 10.2 Å². The zero-order valence-corrected chi connectivity index (χ0v) is 19.7. The summed E-state index contributed by atoms with van der Waals surface area (Å²) in [5, 5.41) is 14.5. The van der Waals surface area contributed by atoms with E-state index in [2.05, 4.69) is 9.71 Å². The van der Waals surface area contributed by atoms with Crippen molar-refractivity contribution in [2.75, 3.05) is 27.2 Å². The molecular formula is C21H26ClN7O2S. The SMILES string of the molecule is CCN(C)S(=O)(=O)NC(=NC)N1CC(c2ccc(C(=N)N)cc2)C(c2ccc(Cl)cc2)=N1. The molecule has 170 valence electrons. The maximum absolute atomic E-state index is 12.5. The van der Waals surface area contributed by atoms with Crippen LogP contribution in [-0.4, -0.2) is 62.4 Å². The first-order chi connectivity index (χ1) is 15.2. The van der Waals surface area contributed by atoms with Crippen LogP contribution in [0.25, 0.3) is 0 Å². The van der Waals surface area contributed by atoms with Gasteiger partial charge in [0.15, 0.2) is 0 Å². The number of guanidine groups is 1. The molecule has 1 atom stereocenters. The molecule has 0 aromatic heterocycles. The Morgan fingerprint density at radius 2 is 1.91 bits per heavy atom. The Morgan fingerprint density at radius 3 is 2.44 bits per heavy atom. The maximum Gasteiger partial charge on any atom is 0.303 e. The average molecular weight is 476 g/mol. The highest BCUT2D eigenvalue weighted by Crippen LogP contribution is 2.30. The molecule has 1 heterocycles.